The number of rotatable bonds is 6. The van der Waals surface area contributed by atoms with Gasteiger partial charge in [0.05, 0.1) is 6.26 Å². The van der Waals surface area contributed by atoms with Crippen LogP contribution in [0.2, 0.25) is 0 Å². The van der Waals surface area contributed by atoms with Crippen molar-refractivity contribution in [1.29, 1.82) is 0 Å². The van der Waals surface area contributed by atoms with E-state index >= 15 is 0 Å². The SMILES string of the molecule is CNC(CCc1ccco1)Cc1ccc(C)cn1. The third-order valence-electron chi connectivity index (χ3n) is 3.16. The second-order valence-electron chi connectivity index (χ2n) is 4.63. The number of aryl methyl sites for hydroxylation is 2. The Kier molecular flexibility index (Phi) is 4.53. The number of likely N-dealkylation sites (N-methyl/N-ethyl adjacent to an activating group) is 1. The first-order chi connectivity index (χ1) is 8.78. The fourth-order valence-electron chi connectivity index (χ4n) is 1.99. The normalized spacial score (nSPS) is 12.6. The summed E-state index contributed by atoms with van der Waals surface area (Å²) in [5, 5.41) is 3.35. The second kappa shape index (κ2) is 6.36. The molecule has 1 unspecified atom stereocenters. The van der Waals surface area contributed by atoms with Gasteiger partial charge in [0, 0.05) is 30.8 Å². The van der Waals surface area contributed by atoms with Gasteiger partial charge in [-0.3, -0.25) is 4.98 Å². The lowest BCUT2D eigenvalue weighted by Gasteiger charge is -2.15. The highest BCUT2D eigenvalue weighted by atomic mass is 16.3. The molecule has 0 amide bonds. The van der Waals surface area contributed by atoms with Gasteiger partial charge in [-0.15, -0.1) is 0 Å². The number of pyridine rings is 1. The Hall–Kier alpha value is -1.61. The Morgan fingerprint density at radius 2 is 2.22 bits per heavy atom. The van der Waals surface area contributed by atoms with Crippen LogP contribution in [0.5, 0.6) is 0 Å². The molecule has 1 N–H and O–H groups in total. The van der Waals surface area contributed by atoms with E-state index in [1.54, 1.807) is 6.26 Å². The van der Waals surface area contributed by atoms with Crippen molar-refractivity contribution < 1.29 is 4.42 Å². The van der Waals surface area contributed by atoms with E-state index in [1.807, 2.05) is 25.4 Å². The molecule has 0 fully saturated rings. The first kappa shape index (κ1) is 12.8. The second-order valence-corrected chi connectivity index (χ2v) is 4.63. The summed E-state index contributed by atoms with van der Waals surface area (Å²) in [5.74, 6) is 1.05. The van der Waals surface area contributed by atoms with Crippen LogP contribution in [0.4, 0.5) is 0 Å². The average Bonchev–Trinajstić information content (AvgIpc) is 2.90. The van der Waals surface area contributed by atoms with Crippen molar-refractivity contribution in [2.24, 2.45) is 0 Å². The van der Waals surface area contributed by atoms with E-state index in [9.17, 15) is 0 Å². The molecule has 0 radical (unpaired) electrons. The molecule has 0 aromatic carbocycles. The summed E-state index contributed by atoms with van der Waals surface area (Å²) >= 11 is 0. The number of hydrogen-bond acceptors (Lipinski definition) is 3. The standard InChI is InChI=1S/C15H20N2O/c1-12-5-6-14(17-11-12)10-13(16-2)7-8-15-4-3-9-18-15/h3-6,9,11,13,16H,7-8,10H2,1-2H3. The van der Waals surface area contributed by atoms with Crippen LogP contribution >= 0.6 is 0 Å². The number of nitrogens with one attached hydrogen (secondary N) is 1. The van der Waals surface area contributed by atoms with Gasteiger partial charge in [0.15, 0.2) is 0 Å². The zero-order chi connectivity index (χ0) is 12.8. The highest BCUT2D eigenvalue weighted by molar-refractivity contribution is 5.13. The van der Waals surface area contributed by atoms with Gasteiger partial charge < -0.3 is 9.73 Å². The van der Waals surface area contributed by atoms with Crippen LogP contribution in [0, 0.1) is 6.92 Å². The van der Waals surface area contributed by atoms with Gasteiger partial charge in [-0.05, 0) is 44.2 Å². The highest BCUT2D eigenvalue weighted by Crippen LogP contribution is 2.09. The smallest absolute Gasteiger partial charge is 0.103 e. The van der Waals surface area contributed by atoms with Gasteiger partial charge in [-0.2, -0.15) is 0 Å². The van der Waals surface area contributed by atoms with E-state index < -0.39 is 0 Å². The lowest BCUT2D eigenvalue weighted by atomic mass is 10.0. The summed E-state index contributed by atoms with van der Waals surface area (Å²) in [6.07, 6.45) is 6.63. The number of furan rings is 1. The molecule has 0 saturated heterocycles. The highest BCUT2D eigenvalue weighted by Gasteiger charge is 2.09. The number of nitrogens with zero attached hydrogens (tertiary/aromatic N) is 1. The van der Waals surface area contributed by atoms with Gasteiger partial charge in [0.2, 0.25) is 0 Å². The predicted molar refractivity (Wildman–Crippen MR) is 72.6 cm³/mol. The van der Waals surface area contributed by atoms with Crippen molar-refractivity contribution in [3.63, 3.8) is 0 Å². The number of hydrogen-bond donors (Lipinski definition) is 1. The van der Waals surface area contributed by atoms with Crippen LogP contribution in [0.15, 0.2) is 41.1 Å². The Morgan fingerprint density at radius 1 is 1.33 bits per heavy atom. The Labute approximate surface area is 108 Å². The van der Waals surface area contributed by atoms with E-state index in [0.717, 1.165) is 30.7 Å². The van der Waals surface area contributed by atoms with Crippen LogP contribution in [0.3, 0.4) is 0 Å². The zero-order valence-electron chi connectivity index (χ0n) is 11.0. The monoisotopic (exact) mass is 244 g/mol. The molecule has 1 atom stereocenters. The van der Waals surface area contributed by atoms with E-state index in [2.05, 4.69) is 29.4 Å². The van der Waals surface area contributed by atoms with Gasteiger partial charge >= 0.3 is 0 Å². The minimum Gasteiger partial charge on any atom is -0.469 e. The molecule has 2 rings (SSSR count). The molecule has 3 nitrogen and oxygen atoms in total. The third-order valence-corrected chi connectivity index (χ3v) is 3.16. The zero-order valence-corrected chi connectivity index (χ0v) is 11.0. The number of aromatic nitrogens is 1. The van der Waals surface area contributed by atoms with E-state index in [-0.39, 0.29) is 0 Å². The van der Waals surface area contributed by atoms with Crippen molar-refractivity contribution in [2.75, 3.05) is 7.05 Å². The molecular weight excluding hydrogens is 224 g/mol. The molecule has 18 heavy (non-hydrogen) atoms. The average molecular weight is 244 g/mol. The molecule has 2 aromatic rings. The fourth-order valence-corrected chi connectivity index (χ4v) is 1.99. The molecule has 2 heterocycles. The lowest BCUT2D eigenvalue weighted by molar-refractivity contribution is 0.458. The molecule has 0 bridgehead atoms. The van der Waals surface area contributed by atoms with E-state index in [0.29, 0.717) is 6.04 Å². The molecule has 0 aliphatic rings. The fraction of sp³-hybridized carbons (Fsp3) is 0.400. The van der Waals surface area contributed by atoms with Crippen LogP contribution in [0.1, 0.15) is 23.4 Å². The van der Waals surface area contributed by atoms with Crippen molar-refractivity contribution in [3.05, 3.63) is 53.7 Å². The van der Waals surface area contributed by atoms with Crippen LogP contribution < -0.4 is 5.32 Å². The van der Waals surface area contributed by atoms with Crippen LogP contribution in [-0.4, -0.2) is 18.1 Å². The Bertz CT molecular complexity index is 448. The Balaban J connectivity index is 1.87. The van der Waals surface area contributed by atoms with Gasteiger partial charge in [-0.25, -0.2) is 0 Å². The minimum absolute atomic E-state index is 0.435. The first-order valence-electron chi connectivity index (χ1n) is 6.39. The summed E-state index contributed by atoms with van der Waals surface area (Å²) in [4.78, 5) is 4.45. The van der Waals surface area contributed by atoms with Crippen molar-refractivity contribution in [3.8, 4) is 0 Å². The summed E-state index contributed by atoms with van der Waals surface area (Å²) in [6, 6.07) is 8.61. The maximum absolute atomic E-state index is 5.35. The Morgan fingerprint density at radius 3 is 2.83 bits per heavy atom. The van der Waals surface area contributed by atoms with Gasteiger partial charge in [0.1, 0.15) is 5.76 Å². The maximum Gasteiger partial charge on any atom is 0.103 e. The largest absolute Gasteiger partial charge is 0.469 e. The third kappa shape index (κ3) is 3.70. The van der Waals surface area contributed by atoms with Crippen molar-refractivity contribution in [1.82, 2.24) is 10.3 Å². The summed E-state index contributed by atoms with van der Waals surface area (Å²) in [5.41, 5.74) is 2.34. The quantitative estimate of drug-likeness (QED) is 0.849. The molecule has 2 aromatic heterocycles. The summed E-state index contributed by atoms with van der Waals surface area (Å²) < 4.78 is 5.35. The van der Waals surface area contributed by atoms with Crippen LogP contribution in [0.25, 0.3) is 0 Å². The molecule has 0 spiro atoms. The molecule has 0 aliphatic heterocycles. The lowest BCUT2D eigenvalue weighted by Crippen LogP contribution is -2.28. The minimum atomic E-state index is 0.435. The molecule has 96 valence electrons. The van der Waals surface area contributed by atoms with E-state index in [1.165, 1.54) is 5.56 Å². The van der Waals surface area contributed by atoms with Crippen LogP contribution in [-0.2, 0) is 12.8 Å². The topological polar surface area (TPSA) is 38.1 Å². The first-order valence-corrected chi connectivity index (χ1v) is 6.39. The molecule has 0 saturated carbocycles. The predicted octanol–water partition coefficient (Wildman–Crippen LogP) is 2.75. The molecule has 3 heteroatoms. The van der Waals surface area contributed by atoms with Gasteiger partial charge in [-0.1, -0.05) is 6.07 Å². The van der Waals surface area contributed by atoms with Crippen molar-refractivity contribution in [2.45, 2.75) is 32.2 Å². The maximum atomic E-state index is 5.35. The summed E-state index contributed by atoms with van der Waals surface area (Å²) in [6.45, 7) is 2.06. The van der Waals surface area contributed by atoms with Crippen molar-refractivity contribution >= 4 is 0 Å². The molecular formula is C15H20N2O. The molecule has 0 aliphatic carbocycles. The summed E-state index contributed by atoms with van der Waals surface area (Å²) in [7, 11) is 2.00. The van der Waals surface area contributed by atoms with Gasteiger partial charge in [0.25, 0.3) is 0 Å². The van der Waals surface area contributed by atoms with E-state index in [4.69, 9.17) is 4.42 Å².